The zero-order chi connectivity index (χ0) is 11.4. The standard InChI is InChI=1S/C10H9FO4/c11-7-3-1-2-6(4-7)8(12)5-9(13)10(14)15/h1-4,9,13H,5H2,(H,14,15)/t9-/m0/s1. The molecule has 1 aromatic rings. The highest BCUT2D eigenvalue weighted by molar-refractivity contribution is 5.98. The Morgan fingerprint density at radius 2 is 2.07 bits per heavy atom. The highest BCUT2D eigenvalue weighted by Crippen LogP contribution is 2.08. The number of aliphatic hydroxyl groups excluding tert-OH is 1. The number of aliphatic hydroxyl groups is 1. The third-order valence-electron chi connectivity index (χ3n) is 1.81. The van der Waals surface area contributed by atoms with Crippen LogP contribution in [0.15, 0.2) is 24.3 Å². The third kappa shape index (κ3) is 3.14. The molecular weight excluding hydrogens is 203 g/mol. The molecule has 0 aliphatic rings. The number of halogens is 1. The van der Waals surface area contributed by atoms with Gasteiger partial charge in [-0.3, -0.25) is 4.79 Å². The molecule has 15 heavy (non-hydrogen) atoms. The fourth-order valence-corrected chi connectivity index (χ4v) is 1.04. The molecule has 0 aliphatic carbocycles. The number of aliphatic carboxylic acids is 1. The van der Waals surface area contributed by atoms with E-state index in [4.69, 9.17) is 10.2 Å². The van der Waals surface area contributed by atoms with Gasteiger partial charge in [-0.2, -0.15) is 0 Å². The molecule has 0 fully saturated rings. The van der Waals surface area contributed by atoms with Gasteiger partial charge in [0.1, 0.15) is 5.82 Å². The fraction of sp³-hybridized carbons (Fsp3) is 0.200. The van der Waals surface area contributed by atoms with Crippen LogP contribution in [0.25, 0.3) is 0 Å². The van der Waals surface area contributed by atoms with Crippen LogP contribution in [0.5, 0.6) is 0 Å². The molecule has 0 saturated heterocycles. The van der Waals surface area contributed by atoms with Crippen LogP contribution in [-0.4, -0.2) is 28.1 Å². The van der Waals surface area contributed by atoms with Crippen LogP contribution < -0.4 is 0 Å². The molecule has 0 bridgehead atoms. The second-order valence-corrected chi connectivity index (χ2v) is 2.99. The van der Waals surface area contributed by atoms with E-state index in [-0.39, 0.29) is 5.56 Å². The van der Waals surface area contributed by atoms with E-state index in [0.717, 1.165) is 6.07 Å². The monoisotopic (exact) mass is 212 g/mol. The Morgan fingerprint density at radius 1 is 1.40 bits per heavy atom. The minimum atomic E-state index is -1.75. The van der Waals surface area contributed by atoms with E-state index in [9.17, 15) is 14.0 Å². The van der Waals surface area contributed by atoms with Crippen molar-refractivity contribution in [1.29, 1.82) is 0 Å². The van der Waals surface area contributed by atoms with Gasteiger partial charge in [-0.25, -0.2) is 9.18 Å². The van der Waals surface area contributed by atoms with Crippen molar-refractivity contribution in [2.24, 2.45) is 0 Å². The second-order valence-electron chi connectivity index (χ2n) is 2.99. The number of Topliss-reactive ketones (excluding diaryl/α,β-unsaturated/α-hetero) is 1. The van der Waals surface area contributed by atoms with E-state index in [1.54, 1.807) is 0 Å². The van der Waals surface area contributed by atoms with Gasteiger partial charge in [-0.05, 0) is 12.1 Å². The van der Waals surface area contributed by atoms with Crippen LogP contribution in [0.2, 0.25) is 0 Å². The van der Waals surface area contributed by atoms with Crippen molar-refractivity contribution in [3.8, 4) is 0 Å². The molecule has 0 radical (unpaired) electrons. The van der Waals surface area contributed by atoms with Crippen molar-refractivity contribution >= 4 is 11.8 Å². The maximum atomic E-state index is 12.7. The summed E-state index contributed by atoms with van der Waals surface area (Å²) in [5.41, 5.74) is 0.0512. The van der Waals surface area contributed by atoms with Crippen molar-refractivity contribution in [1.82, 2.24) is 0 Å². The lowest BCUT2D eigenvalue weighted by Crippen LogP contribution is -2.23. The van der Waals surface area contributed by atoms with Gasteiger partial charge in [-0.15, -0.1) is 0 Å². The van der Waals surface area contributed by atoms with Crippen molar-refractivity contribution in [3.63, 3.8) is 0 Å². The summed E-state index contributed by atoms with van der Waals surface area (Å²) in [4.78, 5) is 21.6. The van der Waals surface area contributed by atoms with Crippen LogP contribution in [0.1, 0.15) is 16.8 Å². The number of benzene rings is 1. The van der Waals surface area contributed by atoms with Crippen LogP contribution in [0, 0.1) is 5.82 Å². The predicted molar refractivity (Wildman–Crippen MR) is 49.0 cm³/mol. The number of ketones is 1. The van der Waals surface area contributed by atoms with Crippen LogP contribution in [-0.2, 0) is 4.79 Å². The van der Waals surface area contributed by atoms with E-state index in [1.807, 2.05) is 0 Å². The molecule has 1 rings (SSSR count). The number of carboxylic acid groups (broad SMARTS) is 1. The lowest BCUT2D eigenvalue weighted by atomic mass is 10.1. The largest absolute Gasteiger partial charge is 0.479 e. The van der Waals surface area contributed by atoms with Gasteiger partial charge < -0.3 is 10.2 Å². The molecule has 1 atom stereocenters. The quantitative estimate of drug-likeness (QED) is 0.725. The second kappa shape index (κ2) is 4.65. The number of carboxylic acids is 1. The molecule has 0 saturated carbocycles. The molecule has 4 nitrogen and oxygen atoms in total. The van der Waals surface area contributed by atoms with Gasteiger partial charge in [0.25, 0.3) is 0 Å². The van der Waals surface area contributed by atoms with Crippen LogP contribution in [0.3, 0.4) is 0 Å². The molecule has 0 spiro atoms. The number of hydrogen-bond donors (Lipinski definition) is 2. The molecule has 0 unspecified atom stereocenters. The summed E-state index contributed by atoms with van der Waals surface area (Å²) in [6.07, 6.45) is -2.31. The topological polar surface area (TPSA) is 74.6 Å². The Morgan fingerprint density at radius 3 is 2.60 bits per heavy atom. The fourth-order valence-electron chi connectivity index (χ4n) is 1.04. The first-order valence-electron chi connectivity index (χ1n) is 4.20. The van der Waals surface area contributed by atoms with Crippen LogP contribution in [0.4, 0.5) is 4.39 Å². The number of rotatable bonds is 4. The summed E-state index contributed by atoms with van der Waals surface area (Å²) in [5, 5.41) is 17.3. The van der Waals surface area contributed by atoms with Gasteiger partial charge >= 0.3 is 5.97 Å². The summed E-state index contributed by atoms with van der Waals surface area (Å²) < 4.78 is 12.7. The lowest BCUT2D eigenvalue weighted by Gasteiger charge is -2.04. The molecular formula is C10H9FO4. The highest BCUT2D eigenvalue weighted by atomic mass is 19.1. The lowest BCUT2D eigenvalue weighted by molar-refractivity contribution is -0.146. The highest BCUT2D eigenvalue weighted by Gasteiger charge is 2.18. The maximum absolute atomic E-state index is 12.7. The van der Waals surface area contributed by atoms with Gasteiger partial charge in [0.05, 0.1) is 0 Å². The number of hydrogen-bond acceptors (Lipinski definition) is 3. The molecule has 5 heteroatoms. The van der Waals surface area contributed by atoms with E-state index >= 15 is 0 Å². The Hall–Kier alpha value is -1.75. The molecule has 0 heterocycles. The van der Waals surface area contributed by atoms with E-state index in [1.165, 1.54) is 18.2 Å². The summed E-state index contributed by atoms with van der Waals surface area (Å²) in [6.45, 7) is 0. The van der Waals surface area contributed by atoms with Crippen molar-refractivity contribution < 1.29 is 24.2 Å². The van der Waals surface area contributed by atoms with Crippen molar-refractivity contribution in [2.45, 2.75) is 12.5 Å². The number of carbonyl (C=O) groups is 2. The smallest absolute Gasteiger partial charge is 0.332 e. The first-order chi connectivity index (χ1) is 7.00. The van der Waals surface area contributed by atoms with Crippen molar-refractivity contribution in [2.75, 3.05) is 0 Å². The Balaban J connectivity index is 2.73. The van der Waals surface area contributed by atoms with Gasteiger partial charge in [0.2, 0.25) is 0 Å². The third-order valence-corrected chi connectivity index (χ3v) is 1.81. The minimum absolute atomic E-state index is 0.0512. The summed E-state index contributed by atoms with van der Waals surface area (Å²) >= 11 is 0. The zero-order valence-corrected chi connectivity index (χ0v) is 7.68. The first-order valence-corrected chi connectivity index (χ1v) is 4.20. The Kier molecular flexibility index (Phi) is 3.51. The molecule has 1 aromatic carbocycles. The zero-order valence-electron chi connectivity index (χ0n) is 7.68. The Bertz CT molecular complexity index is 389. The van der Waals surface area contributed by atoms with E-state index in [2.05, 4.69) is 0 Å². The van der Waals surface area contributed by atoms with E-state index in [0.29, 0.717) is 0 Å². The molecule has 0 amide bonds. The average Bonchev–Trinajstić information content (AvgIpc) is 2.17. The normalized spacial score (nSPS) is 12.1. The molecule has 80 valence electrons. The SMILES string of the molecule is O=C(C[C@H](O)C(=O)O)c1cccc(F)c1. The predicted octanol–water partition coefficient (Wildman–Crippen LogP) is 0.844. The van der Waals surface area contributed by atoms with E-state index < -0.39 is 30.1 Å². The van der Waals surface area contributed by atoms with Gasteiger partial charge in [0, 0.05) is 12.0 Å². The maximum Gasteiger partial charge on any atom is 0.332 e. The molecule has 0 aromatic heterocycles. The van der Waals surface area contributed by atoms with Crippen molar-refractivity contribution in [3.05, 3.63) is 35.6 Å². The first kappa shape index (κ1) is 11.3. The average molecular weight is 212 g/mol. The van der Waals surface area contributed by atoms with Gasteiger partial charge in [0.15, 0.2) is 11.9 Å². The summed E-state index contributed by atoms with van der Waals surface area (Å²) in [7, 11) is 0. The van der Waals surface area contributed by atoms with Crippen LogP contribution >= 0.6 is 0 Å². The summed E-state index contributed by atoms with van der Waals surface area (Å²) in [5.74, 6) is -2.66. The molecule has 0 aliphatic heterocycles. The minimum Gasteiger partial charge on any atom is -0.479 e. The van der Waals surface area contributed by atoms with Gasteiger partial charge in [-0.1, -0.05) is 12.1 Å². The Labute approximate surface area is 85.0 Å². The molecule has 2 N–H and O–H groups in total. The summed E-state index contributed by atoms with van der Waals surface area (Å²) in [6, 6.07) is 4.87. The number of carbonyl (C=O) groups excluding carboxylic acids is 1.